The highest BCUT2D eigenvalue weighted by Gasteiger charge is 2.07. The highest BCUT2D eigenvalue weighted by atomic mass is 16.1. The van der Waals surface area contributed by atoms with E-state index in [0.29, 0.717) is 0 Å². The van der Waals surface area contributed by atoms with Gasteiger partial charge in [0.25, 0.3) is 0 Å². The van der Waals surface area contributed by atoms with Crippen molar-refractivity contribution in [1.29, 1.82) is 0 Å². The summed E-state index contributed by atoms with van der Waals surface area (Å²) in [7, 11) is 1.90. The summed E-state index contributed by atoms with van der Waals surface area (Å²) in [4.78, 5) is 11.6. The van der Waals surface area contributed by atoms with Gasteiger partial charge in [0.05, 0.1) is 5.69 Å². The van der Waals surface area contributed by atoms with Crippen LogP contribution in [0, 0.1) is 13.8 Å². The topological polar surface area (TPSA) is 46.9 Å². The zero-order valence-corrected chi connectivity index (χ0v) is 11.2. The average molecular weight is 235 g/mol. The molecular formula is C13H21N3O. The maximum Gasteiger partial charge on any atom is 0.244 e. The lowest BCUT2D eigenvalue weighted by Crippen LogP contribution is -2.30. The van der Waals surface area contributed by atoms with E-state index in [9.17, 15) is 4.79 Å². The normalized spacial score (nSPS) is 13.0. The van der Waals surface area contributed by atoms with Crippen molar-refractivity contribution in [1.82, 2.24) is 15.1 Å². The Kier molecular flexibility index (Phi) is 4.49. The van der Waals surface area contributed by atoms with Gasteiger partial charge >= 0.3 is 0 Å². The van der Waals surface area contributed by atoms with Crippen LogP contribution < -0.4 is 5.32 Å². The third-order valence-corrected chi connectivity index (χ3v) is 2.97. The average Bonchev–Trinajstić information content (AvgIpc) is 2.51. The maximum atomic E-state index is 11.6. The van der Waals surface area contributed by atoms with Gasteiger partial charge < -0.3 is 5.32 Å². The van der Waals surface area contributed by atoms with Crippen molar-refractivity contribution in [3.8, 4) is 0 Å². The molecule has 1 atom stereocenters. The van der Waals surface area contributed by atoms with Crippen LogP contribution in [0.1, 0.15) is 37.2 Å². The summed E-state index contributed by atoms with van der Waals surface area (Å²) in [5, 5.41) is 7.19. The number of hydrogen-bond donors (Lipinski definition) is 1. The first-order valence-corrected chi connectivity index (χ1v) is 5.94. The van der Waals surface area contributed by atoms with Crippen molar-refractivity contribution >= 4 is 12.0 Å². The minimum absolute atomic E-state index is 0.0537. The summed E-state index contributed by atoms with van der Waals surface area (Å²) in [5.41, 5.74) is 3.03. The summed E-state index contributed by atoms with van der Waals surface area (Å²) in [6.45, 7) is 7.97. The first kappa shape index (κ1) is 13.5. The number of nitrogens with zero attached hydrogens (tertiary/aromatic N) is 2. The predicted molar refractivity (Wildman–Crippen MR) is 69.6 cm³/mol. The Bertz CT molecular complexity index is 432. The minimum Gasteiger partial charge on any atom is -0.350 e. The Balaban J connectivity index is 2.74. The van der Waals surface area contributed by atoms with E-state index < -0.39 is 0 Å². The molecule has 0 saturated carbocycles. The molecule has 0 saturated heterocycles. The van der Waals surface area contributed by atoms with Gasteiger partial charge in [0.2, 0.25) is 5.91 Å². The molecule has 0 spiro atoms. The second-order valence-corrected chi connectivity index (χ2v) is 4.36. The van der Waals surface area contributed by atoms with Crippen molar-refractivity contribution in [2.45, 2.75) is 40.2 Å². The van der Waals surface area contributed by atoms with Gasteiger partial charge in [-0.1, -0.05) is 6.92 Å². The molecule has 94 valence electrons. The van der Waals surface area contributed by atoms with Crippen LogP contribution in [0.25, 0.3) is 6.08 Å². The van der Waals surface area contributed by atoms with E-state index in [1.807, 2.05) is 45.5 Å². The van der Waals surface area contributed by atoms with Gasteiger partial charge in [-0.15, -0.1) is 0 Å². The number of carbonyl (C=O) groups excluding carboxylic acids is 1. The van der Waals surface area contributed by atoms with Crippen LogP contribution in [0.4, 0.5) is 0 Å². The quantitative estimate of drug-likeness (QED) is 0.811. The molecule has 0 aliphatic heterocycles. The highest BCUT2D eigenvalue weighted by molar-refractivity contribution is 5.92. The van der Waals surface area contributed by atoms with Gasteiger partial charge in [-0.25, -0.2) is 0 Å². The summed E-state index contributed by atoms with van der Waals surface area (Å²) in [6, 6.07) is 0.211. The van der Waals surface area contributed by atoms with E-state index in [1.165, 1.54) is 0 Å². The molecule has 1 heterocycles. The van der Waals surface area contributed by atoms with Crippen molar-refractivity contribution < 1.29 is 4.79 Å². The summed E-state index contributed by atoms with van der Waals surface area (Å²) in [5.74, 6) is -0.0537. The molecule has 1 N–H and O–H groups in total. The molecule has 1 rings (SSSR count). The van der Waals surface area contributed by atoms with Crippen LogP contribution in [0.15, 0.2) is 6.08 Å². The number of amides is 1. The van der Waals surface area contributed by atoms with Gasteiger partial charge in [0.1, 0.15) is 0 Å². The Morgan fingerprint density at radius 1 is 1.53 bits per heavy atom. The fourth-order valence-corrected chi connectivity index (χ4v) is 1.58. The Labute approximate surface area is 103 Å². The third kappa shape index (κ3) is 3.44. The molecule has 0 fully saturated rings. The van der Waals surface area contributed by atoms with Crippen LogP contribution >= 0.6 is 0 Å². The Hall–Kier alpha value is -1.58. The standard InChI is InChI=1S/C13H21N3O/c1-6-9(2)14-13(17)8-7-12-10(3)15-16(5)11(12)4/h7-9H,6H2,1-5H3,(H,14,17)/b8-7+. The second-order valence-electron chi connectivity index (χ2n) is 4.36. The zero-order chi connectivity index (χ0) is 13.0. The largest absolute Gasteiger partial charge is 0.350 e. The molecule has 1 aromatic heterocycles. The van der Waals surface area contributed by atoms with Gasteiger partial charge in [-0.3, -0.25) is 9.48 Å². The molecule has 4 heteroatoms. The van der Waals surface area contributed by atoms with Crippen LogP contribution in [0.2, 0.25) is 0 Å². The molecule has 0 aromatic carbocycles. The molecular weight excluding hydrogens is 214 g/mol. The summed E-state index contributed by atoms with van der Waals surface area (Å²) < 4.78 is 1.82. The number of carbonyl (C=O) groups is 1. The molecule has 0 radical (unpaired) electrons. The Morgan fingerprint density at radius 3 is 2.65 bits per heavy atom. The molecule has 17 heavy (non-hydrogen) atoms. The first-order valence-electron chi connectivity index (χ1n) is 5.94. The van der Waals surface area contributed by atoms with Gasteiger partial charge in [0, 0.05) is 30.4 Å². The van der Waals surface area contributed by atoms with E-state index in [4.69, 9.17) is 0 Å². The molecule has 4 nitrogen and oxygen atoms in total. The number of hydrogen-bond acceptors (Lipinski definition) is 2. The van der Waals surface area contributed by atoms with Crippen LogP contribution in [-0.4, -0.2) is 21.7 Å². The smallest absolute Gasteiger partial charge is 0.244 e. The van der Waals surface area contributed by atoms with Crippen molar-refractivity contribution in [2.24, 2.45) is 7.05 Å². The van der Waals surface area contributed by atoms with E-state index in [1.54, 1.807) is 6.08 Å². The lowest BCUT2D eigenvalue weighted by Gasteiger charge is -2.08. The van der Waals surface area contributed by atoms with Crippen LogP contribution in [0.5, 0.6) is 0 Å². The fraction of sp³-hybridized carbons (Fsp3) is 0.538. The molecule has 0 bridgehead atoms. The second kappa shape index (κ2) is 5.66. The molecule has 1 amide bonds. The number of aromatic nitrogens is 2. The zero-order valence-electron chi connectivity index (χ0n) is 11.2. The molecule has 1 unspecified atom stereocenters. The first-order chi connectivity index (χ1) is 7.95. The monoisotopic (exact) mass is 235 g/mol. The predicted octanol–water partition coefficient (Wildman–Crippen LogP) is 1.96. The SMILES string of the molecule is CCC(C)NC(=O)/C=C/c1c(C)nn(C)c1C. The molecule has 0 aliphatic carbocycles. The highest BCUT2D eigenvalue weighted by Crippen LogP contribution is 2.13. The lowest BCUT2D eigenvalue weighted by molar-refractivity contribution is -0.117. The maximum absolute atomic E-state index is 11.6. The fourth-order valence-electron chi connectivity index (χ4n) is 1.58. The molecule has 0 aliphatic rings. The summed E-state index contributed by atoms with van der Waals surface area (Å²) >= 11 is 0. The third-order valence-electron chi connectivity index (χ3n) is 2.97. The minimum atomic E-state index is -0.0537. The summed E-state index contributed by atoms with van der Waals surface area (Å²) in [6.07, 6.45) is 4.34. The number of nitrogens with one attached hydrogen (secondary N) is 1. The van der Waals surface area contributed by atoms with E-state index in [0.717, 1.165) is 23.4 Å². The van der Waals surface area contributed by atoms with E-state index in [-0.39, 0.29) is 11.9 Å². The molecule has 1 aromatic rings. The van der Waals surface area contributed by atoms with Crippen molar-refractivity contribution in [3.05, 3.63) is 23.0 Å². The van der Waals surface area contributed by atoms with Gasteiger partial charge in [-0.2, -0.15) is 5.10 Å². The van der Waals surface area contributed by atoms with Crippen LogP contribution in [0.3, 0.4) is 0 Å². The van der Waals surface area contributed by atoms with Crippen molar-refractivity contribution in [2.75, 3.05) is 0 Å². The van der Waals surface area contributed by atoms with Gasteiger partial charge in [-0.05, 0) is 33.3 Å². The lowest BCUT2D eigenvalue weighted by atomic mass is 10.2. The van der Waals surface area contributed by atoms with Crippen LogP contribution in [-0.2, 0) is 11.8 Å². The van der Waals surface area contributed by atoms with Gasteiger partial charge in [0.15, 0.2) is 0 Å². The Morgan fingerprint density at radius 2 is 2.18 bits per heavy atom. The number of aryl methyl sites for hydroxylation is 2. The number of rotatable bonds is 4. The van der Waals surface area contributed by atoms with E-state index in [2.05, 4.69) is 10.4 Å². The van der Waals surface area contributed by atoms with Crippen molar-refractivity contribution in [3.63, 3.8) is 0 Å². The van der Waals surface area contributed by atoms with E-state index >= 15 is 0 Å².